The number of non-ortho nitro benzene ring substituents is 1. The van der Waals surface area contributed by atoms with E-state index in [0.29, 0.717) is 16.8 Å². The molecule has 0 N–H and O–H groups in total. The Morgan fingerprint density at radius 1 is 1.09 bits per heavy atom. The van der Waals surface area contributed by atoms with E-state index in [1.165, 1.54) is 41.3 Å². The Kier molecular flexibility index (Phi) is 4.22. The van der Waals surface area contributed by atoms with Crippen LogP contribution in [0.5, 0.6) is 0 Å². The highest BCUT2D eigenvalue weighted by Crippen LogP contribution is 2.34. The zero-order chi connectivity index (χ0) is 16.4. The Balaban J connectivity index is 1.82. The molecule has 0 spiro atoms. The summed E-state index contributed by atoms with van der Waals surface area (Å²) in [5.41, 5.74) is 1.41. The van der Waals surface area contributed by atoms with Gasteiger partial charge in [0.15, 0.2) is 4.34 Å². The van der Waals surface area contributed by atoms with Gasteiger partial charge in [0.1, 0.15) is 0 Å². The molecule has 3 rings (SSSR count). The largest absolute Gasteiger partial charge is 0.273 e. The van der Waals surface area contributed by atoms with Crippen molar-refractivity contribution in [3.8, 4) is 0 Å². The van der Waals surface area contributed by atoms with Crippen LogP contribution in [-0.4, -0.2) is 14.8 Å². The van der Waals surface area contributed by atoms with Crippen molar-refractivity contribution in [2.75, 3.05) is 0 Å². The summed E-state index contributed by atoms with van der Waals surface area (Å²) >= 11 is 2.72. The maximum atomic E-state index is 11.0. The number of thiazole rings is 1. The lowest BCUT2D eigenvalue weighted by Gasteiger charge is -2.00. The second-order valence-electron chi connectivity index (χ2n) is 4.56. The van der Waals surface area contributed by atoms with E-state index in [-0.39, 0.29) is 11.4 Å². The number of nitro benzene ring substituents is 2. The van der Waals surface area contributed by atoms with E-state index in [9.17, 15) is 20.2 Å². The van der Waals surface area contributed by atoms with Gasteiger partial charge in [-0.05, 0) is 6.07 Å². The lowest BCUT2D eigenvalue weighted by molar-refractivity contribution is -0.385. The summed E-state index contributed by atoms with van der Waals surface area (Å²) in [6.07, 6.45) is 0. The van der Waals surface area contributed by atoms with E-state index in [1.54, 1.807) is 24.3 Å². The van der Waals surface area contributed by atoms with Crippen LogP contribution in [0.1, 0.15) is 5.56 Å². The molecule has 0 amide bonds. The molecular formula is C14H9N3O4S2. The maximum absolute atomic E-state index is 11.0. The molecule has 0 fully saturated rings. The minimum atomic E-state index is -0.445. The van der Waals surface area contributed by atoms with Gasteiger partial charge in [-0.15, -0.1) is 11.3 Å². The van der Waals surface area contributed by atoms with E-state index >= 15 is 0 Å². The van der Waals surface area contributed by atoms with Gasteiger partial charge >= 0.3 is 0 Å². The summed E-state index contributed by atoms with van der Waals surface area (Å²) in [6, 6.07) is 11.1. The van der Waals surface area contributed by atoms with Crippen molar-refractivity contribution in [2.24, 2.45) is 0 Å². The topological polar surface area (TPSA) is 99.2 Å². The van der Waals surface area contributed by atoms with Gasteiger partial charge in [-0.3, -0.25) is 20.2 Å². The molecule has 116 valence electrons. The highest BCUT2D eigenvalue weighted by Gasteiger charge is 2.14. The second-order valence-corrected chi connectivity index (χ2v) is 6.82. The molecule has 0 unspecified atom stereocenters. The molecule has 0 bridgehead atoms. The van der Waals surface area contributed by atoms with Crippen LogP contribution in [0.25, 0.3) is 10.2 Å². The first-order valence-corrected chi connectivity index (χ1v) is 8.25. The zero-order valence-electron chi connectivity index (χ0n) is 11.5. The van der Waals surface area contributed by atoms with Crippen LogP contribution >= 0.6 is 23.1 Å². The Labute approximate surface area is 138 Å². The summed E-state index contributed by atoms with van der Waals surface area (Å²) in [5.74, 6) is 0.416. The number of hydrogen-bond acceptors (Lipinski definition) is 7. The molecule has 3 aromatic rings. The summed E-state index contributed by atoms with van der Waals surface area (Å²) < 4.78 is 1.45. The number of nitro groups is 2. The Morgan fingerprint density at radius 3 is 2.61 bits per heavy atom. The minimum absolute atomic E-state index is 0.0244. The summed E-state index contributed by atoms with van der Waals surface area (Å²) in [7, 11) is 0. The van der Waals surface area contributed by atoms with Gasteiger partial charge in [0.2, 0.25) is 0 Å². The van der Waals surface area contributed by atoms with Gasteiger partial charge < -0.3 is 0 Å². The molecule has 23 heavy (non-hydrogen) atoms. The molecule has 0 saturated carbocycles. The van der Waals surface area contributed by atoms with Crippen molar-refractivity contribution in [3.05, 3.63) is 68.3 Å². The number of rotatable bonds is 5. The first-order chi connectivity index (χ1) is 11.0. The fourth-order valence-electron chi connectivity index (χ4n) is 2.02. The molecule has 2 aromatic carbocycles. The van der Waals surface area contributed by atoms with Crippen molar-refractivity contribution < 1.29 is 9.85 Å². The van der Waals surface area contributed by atoms with E-state index in [2.05, 4.69) is 4.98 Å². The molecule has 0 radical (unpaired) electrons. The number of hydrogen-bond donors (Lipinski definition) is 0. The quantitative estimate of drug-likeness (QED) is 0.385. The first-order valence-electron chi connectivity index (χ1n) is 6.44. The monoisotopic (exact) mass is 347 g/mol. The van der Waals surface area contributed by atoms with Gasteiger partial charge in [0.05, 0.1) is 20.1 Å². The molecule has 7 nitrogen and oxygen atoms in total. The molecule has 1 heterocycles. The van der Waals surface area contributed by atoms with Crippen molar-refractivity contribution in [2.45, 2.75) is 10.1 Å². The number of aromatic nitrogens is 1. The second kappa shape index (κ2) is 6.31. The predicted octanol–water partition coefficient (Wildman–Crippen LogP) is 4.41. The van der Waals surface area contributed by atoms with Crippen LogP contribution in [0.15, 0.2) is 46.8 Å². The van der Waals surface area contributed by atoms with Crippen LogP contribution < -0.4 is 0 Å². The molecule has 0 aliphatic rings. The van der Waals surface area contributed by atoms with Crippen LogP contribution in [-0.2, 0) is 5.75 Å². The molecular weight excluding hydrogens is 338 g/mol. The lowest BCUT2D eigenvalue weighted by Crippen LogP contribution is -1.93. The molecule has 0 saturated heterocycles. The van der Waals surface area contributed by atoms with Crippen LogP contribution in [0.4, 0.5) is 11.4 Å². The highest BCUT2D eigenvalue weighted by molar-refractivity contribution is 8.00. The minimum Gasteiger partial charge on any atom is -0.258 e. The fraction of sp³-hybridized carbons (Fsp3) is 0.0714. The number of benzene rings is 2. The van der Waals surface area contributed by atoms with Gasteiger partial charge in [-0.1, -0.05) is 30.0 Å². The van der Waals surface area contributed by atoms with Crippen molar-refractivity contribution in [1.29, 1.82) is 0 Å². The fourth-order valence-corrected chi connectivity index (χ4v) is 4.12. The number of para-hydroxylation sites is 1. The lowest BCUT2D eigenvalue weighted by atomic mass is 10.2. The molecule has 9 heteroatoms. The molecule has 0 atom stereocenters. The zero-order valence-corrected chi connectivity index (χ0v) is 13.2. The van der Waals surface area contributed by atoms with Gasteiger partial charge in [0.25, 0.3) is 11.4 Å². The van der Waals surface area contributed by atoms with E-state index in [4.69, 9.17) is 0 Å². The van der Waals surface area contributed by atoms with Crippen molar-refractivity contribution in [1.82, 2.24) is 4.98 Å². The predicted molar refractivity (Wildman–Crippen MR) is 88.9 cm³/mol. The summed E-state index contributed by atoms with van der Waals surface area (Å²) in [6.45, 7) is 0. The number of fused-ring (bicyclic) bond motifs is 1. The standard InChI is InChI=1S/C14H9N3O4S2/c18-16(19)10-5-6-11-13(7-10)23-14(15-11)22-8-9-3-1-2-4-12(9)17(20)21/h1-7H,8H2. The molecule has 0 aliphatic carbocycles. The number of nitrogens with zero attached hydrogens (tertiary/aromatic N) is 3. The first kappa shape index (κ1) is 15.4. The Bertz CT molecular complexity index is 910. The Hall–Kier alpha value is -2.52. The summed E-state index contributed by atoms with van der Waals surface area (Å²) in [4.78, 5) is 25.3. The van der Waals surface area contributed by atoms with Crippen LogP contribution in [0.2, 0.25) is 0 Å². The smallest absolute Gasteiger partial charge is 0.258 e. The normalized spacial score (nSPS) is 10.8. The average molecular weight is 347 g/mol. The van der Waals surface area contributed by atoms with E-state index in [0.717, 1.165) is 9.04 Å². The third-order valence-electron chi connectivity index (χ3n) is 3.10. The van der Waals surface area contributed by atoms with Crippen molar-refractivity contribution in [3.63, 3.8) is 0 Å². The van der Waals surface area contributed by atoms with Gasteiger partial charge in [0, 0.05) is 29.5 Å². The average Bonchev–Trinajstić information content (AvgIpc) is 2.94. The summed E-state index contributed by atoms with van der Waals surface area (Å²) in [5, 5.41) is 21.8. The van der Waals surface area contributed by atoms with Crippen molar-refractivity contribution >= 4 is 44.7 Å². The van der Waals surface area contributed by atoms with Gasteiger partial charge in [-0.25, -0.2) is 4.98 Å². The Morgan fingerprint density at radius 2 is 1.87 bits per heavy atom. The molecule has 1 aromatic heterocycles. The molecule has 0 aliphatic heterocycles. The maximum Gasteiger partial charge on any atom is 0.273 e. The number of thioether (sulfide) groups is 1. The van der Waals surface area contributed by atoms with E-state index in [1.807, 2.05) is 0 Å². The van der Waals surface area contributed by atoms with E-state index < -0.39 is 9.85 Å². The SMILES string of the molecule is O=[N+]([O-])c1ccc2nc(SCc3ccccc3[N+](=O)[O-])sc2c1. The van der Waals surface area contributed by atoms with Crippen LogP contribution in [0, 0.1) is 20.2 Å². The highest BCUT2D eigenvalue weighted by atomic mass is 32.2. The van der Waals surface area contributed by atoms with Gasteiger partial charge in [-0.2, -0.15) is 0 Å². The third-order valence-corrected chi connectivity index (χ3v) is 5.31. The third kappa shape index (κ3) is 3.30. The van der Waals surface area contributed by atoms with Crippen LogP contribution in [0.3, 0.4) is 0 Å².